The van der Waals surface area contributed by atoms with Crippen LogP contribution in [0.3, 0.4) is 0 Å². The van der Waals surface area contributed by atoms with E-state index in [4.69, 9.17) is 5.73 Å². The molecule has 0 saturated heterocycles. The molecule has 6 heteroatoms. The molecule has 0 spiro atoms. The highest BCUT2D eigenvalue weighted by atomic mass is 19.4. The average molecular weight is 284 g/mol. The second kappa shape index (κ2) is 5.58. The number of alkyl halides is 3. The maximum atomic E-state index is 12.8. The van der Waals surface area contributed by atoms with Crippen molar-refractivity contribution in [3.8, 4) is 0 Å². The van der Waals surface area contributed by atoms with Gasteiger partial charge in [-0.3, -0.25) is 4.98 Å². The maximum Gasteiger partial charge on any atom is 0.433 e. The molecule has 106 valence electrons. The summed E-state index contributed by atoms with van der Waals surface area (Å²) in [5.41, 5.74) is 6.30. The molecule has 0 bridgehead atoms. The van der Waals surface area contributed by atoms with E-state index in [0.29, 0.717) is 17.5 Å². The second-order valence-corrected chi connectivity index (χ2v) is 4.41. The second-order valence-electron chi connectivity index (χ2n) is 4.41. The molecular formula is C14H12F4N2. The number of aromatic nitrogens is 1. The molecule has 0 aliphatic carbocycles. The van der Waals surface area contributed by atoms with Crippen LogP contribution in [0.25, 0.3) is 0 Å². The van der Waals surface area contributed by atoms with Crippen LogP contribution >= 0.6 is 0 Å². The fourth-order valence-corrected chi connectivity index (χ4v) is 1.79. The zero-order valence-corrected chi connectivity index (χ0v) is 10.4. The Morgan fingerprint density at radius 1 is 1.05 bits per heavy atom. The van der Waals surface area contributed by atoms with Gasteiger partial charge in [0.05, 0.1) is 0 Å². The van der Waals surface area contributed by atoms with Gasteiger partial charge in [-0.15, -0.1) is 0 Å². The Hall–Kier alpha value is -1.95. The minimum Gasteiger partial charge on any atom is -0.324 e. The molecule has 20 heavy (non-hydrogen) atoms. The molecule has 2 nitrogen and oxygen atoms in total. The van der Waals surface area contributed by atoms with Crippen molar-refractivity contribution in [2.24, 2.45) is 5.73 Å². The summed E-state index contributed by atoms with van der Waals surface area (Å²) in [5, 5.41) is 0. The number of pyridine rings is 1. The van der Waals surface area contributed by atoms with Crippen LogP contribution in [0.15, 0.2) is 42.6 Å². The van der Waals surface area contributed by atoms with E-state index in [0.717, 1.165) is 12.3 Å². The Labute approximate surface area is 113 Å². The lowest BCUT2D eigenvalue weighted by atomic mass is 10.0. The highest BCUT2D eigenvalue weighted by Gasteiger charge is 2.32. The molecule has 1 aromatic carbocycles. The van der Waals surface area contributed by atoms with Crippen molar-refractivity contribution in [2.45, 2.75) is 18.6 Å². The van der Waals surface area contributed by atoms with Crippen molar-refractivity contribution >= 4 is 0 Å². The lowest BCUT2D eigenvalue weighted by Gasteiger charge is -2.12. The molecule has 1 atom stereocenters. The molecule has 2 rings (SSSR count). The van der Waals surface area contributed by atoms with E-state index in [1.807, 2.05) is 0 Å². The van der Waals surface area contributed by atoms with Crippen LogP contribution in [0.1, 0.15) is 22.9 Å². The van der Waals surface area contributed by atoms with Gasteiger partial charge in [0.25, 0.3) is 0 Å². The van der Waals surface area contributed by atoms with Crippen LogP contribution in [-0.4, -0.2) is 4.98 Å². The molecule has 0 amide bonds. The van der Waals surface area contributed by atoms with Crippen molar-refractivity contribution in [1.82, 2.24) is 4.98 Å². The molecule has 0 aliphatic heterocycles. The highest BCUT2D eigenvalue weighted by Crippen LogP contribution is 2.27. The zero-order valence-electron chi connectivity index (χ0n) is 10.4. The van der Waals surface area contributed by atoms with Crippen molar-refractivity contribution in [2.75, 3.05) is 0 Å². The van der Waals surface area contributed by atoms with E-state index in [2.05, 4.69) is 4.98 Å². The highest BCUT2D eigenvalue weighted by molar-refractivity contribution is 5.23. The van der Waals surface area contributed by atoms with Crippen molar-refractivity contribution in [3.63, 3.8) is 0 Å². The Morgan fingerprint density at radius 3 is 2.20 bits per heavy atom. The van der Waals surface area contributed by atoms with Gasteiger partial charge in [-0.05, 0) is 35.7 Å². The van der Waals surface area contributed by atoms with E-state index in [1.165, 1.54) is 18.2 Å². The van der Waals surface area contributed by atoms with Gasteiger partial charge < -0.3 is 5.73 Å². The van der Waals surface area contributed by atoms with Crippen molar-refractivity contribution < 1.29 is 17.6 Å². The molecule has 2 aromatic rings. The Bertz CT molecular complexity index is 561. The first-order valence-corrected chi connectivity index (χ1v) is 5.89. The van der Waals surface area contributed by atoms with Gasteiger partial charge in [-0.25, -0.2) is 4.39 Å². The summed E-state index contributed by atoms with van der Waals surface area (Å²) in [7, 11) is 0. The van der Waals surface area contributed by atoms with Crippen LogP contribution in [0.5, 0.6) is 0 Å². The summed E-state index contributed by atoms with van der Waals surface area (Å²) >= 11 is 0. The van der Waals surface area contributed by atoms with Gasteiger partial charge in [-0.1, -0.05) is 18.2 Å². The molecule has 0 saturated carbocycles. The van der Waals surface area contributed by atoms with E-state index < -0.39 is 17.9 Å². The quantitative estimate of drug-likeness (QED) is 0.876. The number of hydrogen-bond acceptors (Lipinski definition) is 2. The molecule has 2 N–H and O–H groups in total. The SMILES string of the molecule is NC(Cc1ccc(C(F)(F)F)nc1)c1ccc(F)cc1. The fourth-order valence-electron chi connectivity index (χ4n) is 1.79. The molecule has 1 aromatic heterocycles. The summed E-state index contributed by atoms with van der Waals surface area (Å²) in [6.07, 6.45) is -2.96. The molecule has 0 radical (unpaired) electrons. The number of nitrogens with zero attached hydrogens (tertiary/aromatic N) is 1. The third-order valence-electron chi connectivity index (χ3n) is 2.87. The predicted octanol–water partition coefficient (Wildman–Crippen LogP) is 3.48. The Morgan fingerprint density at radius 2 is 1.70 bits per heavy atom. The summed E-state index contributed by atoms with van der Waals surface area (Å²) in [6, 6.07) is 7.54. The lowest BCUT2D eigenvalue weighted by Crippen LogP contribution is -2.14. The minimum absolute atomic E-state index is 0.330. The molecule has 0 aliphatic rings. The van der Waals surface area contributed by atoms with E-state index >= 15 is 0 Å². The molecule has 1 heterocycles. The summed E-state index contributed by atoms with van der Waals surface area (Å²) in [5.74, 6) is -0.364. The Kier molecular flexibility index (Phi) is 4.04. The largest absolute Gasteiger partial charge is 0.433 e. The lowest BCUT2D eigenvalue weighted by molar-refractivity contribution is -0.141. The van der Waals surface area contributed by atoms with E-state index in [-0.39, 0.29) is 5.82 Å². The minimum atomic E-state index is -4.45. The first kappa shape index (κ1) is 14.5. The standard InChI is InChI=1S/C14H12F4N2/c15-11-4-2-10(3-5-11)12(19)7-9-1-6-13(20-8-9)14(16,17)18/h1-6,8,12H,7,19H2. The smallest absolute Gasteiger partial charge is 0.324 e. The van der Waals surface area contributed by atoms with E-state index in [1.54, 1.807) is 12.1 Å². The summed E-state index contributed by atoms with van der Waals surface area (Å²) in [6.45, 7) is 0. The van der Waals surface area contributed by atoms with Crippen LogP contribution in [0.4, 0.5) is 17.6 Å². The zero-order chi connectivity index (χ0) is 14.8. The number of nitrogens with two attached hydrogens (primary N) is 1. The first-order chi connectivity index (χ1) is 9.36. The van der Waals surface area contributed by atoms with Gasteiger partial charge in [-0.2, -0.15) is 13.2 Å². The van der Waals surface area contributed by atoms with Crippen molar-refractivity contribution in [3.05, 3.63) is 65.2 Å². The number of hydrogen-bond donors (Lipinski definition) is 1. The maximum absolute atomic E-state index is 12.8. The molecule has 0 fully saturated rings. The summed E-state index contributed by atoms with van der Waals surface area (Å²) < 4.78 is 49.9. The number of rotatable bonds is 3. The molecular weight excluding hydrogens is 272 g/mol. The van der Waals surface area contributed by atoms with Crippen LogP contribution in [0.2, 0.25) is 0 Å². The van der Waals surface area contributed by atoms with Crippen LogP contribution in [0, 0.1) is 5.82 Å². The van der Waals surface area contributed by atoms with Gasteiger partial charge in [0.2, 0.25) is 0 Å². The van der Waals surface area contributed by atoms with Crippen LogP contribution < -0.4 is 5.73 Å². The van der Waals surface area contributed by atoms with Gasteiger partial charge >= 0.3 is 6.18 Å². The first-order valence-electron chi connectivity index (χ1n) is 5.89. The van der Waals surface area contributed by atoms with Crippen molar-refractivity contribution in [1.29, 1.82) is 0 Å². The third kappa shape index (κ3) is 3.54. The van der Waals surface area contributed by atoms with Crippen LogP contribution in [-0.2, 0) is 12.6 Å². The third-order valence-corrected chi connectivity index (χ3v) is 2.87. The fraction of sp³-hybridized carbons (Fsp3) is 0.214. The Balaban J connectivity index is 2.08. The predicted molar refractivity (Wildman–Crippen MR) is 66.3 cm³/mol. The molecule has 1 unspecified atom stereocenters. The van der Waals surface area contributed by atoms with Gasteiger partial charge in [0, 0.05) is 12.2 Å². The topological polar surface area (TPSA) is 38.9 Å². The van der Waals surface area contributed by atoms with E-state index in [9.17, 15) is 17.6 Å². The number of halogens is 4. The average Bonchev–Trinajstić information content (AvgIpc) is 2.39. The number of benzene rings is 1. The monoisotopic (exact) mass is 284 g/mol. The van der Waals surface area contributed by atoms with Gasteiger partial charge in [0.15, 0.2) is 0 Å². The summed E-state index contributed by atoms with van der Waals surface area (Å²) in [4.78, 5) is 3.37. The normalized spacial score (nSPS) is 13.2. The van der Waals surface area contributed by atoms with Gasteiger partial charge in [0.1, 0.15) is 11.5 Å².